The molecule has 1 aromatic carbocycles. The third-order valence-electron chi connectivity index (χ3n) is 5.50. The molecule has 4 rings (SSSR count). The highest BCUT2D eigenvalue weighted by atomic mass is 19.1. The van der Waals surface area contributed by atoms with Crippen LogP contribution >= 0.6 is 0 Å². The minimum absolute atomic E-state index is 0.0337. The van der Waals surface area contributed by atoms with E-state index in [0.29, 0.717) is 25.8 Å². The number of carbonyl (C=O) groups is 2. The van der Waals surface area contributed by atoms with Crippen molar-refractivity contribution in [3.05, 3.63) is 63.1 Å². The van der Waals surface area contributed by atoms with Gasteiger partial charge in [-0.1, -0.05) is 6.07 Å². The number of carbonyl (C=O) groups excluding carboxylic acids is 2. The lowest BCUT2D eigenvalue weighted by Crippen LogP contribution is -2.68. The zero-order valence-electron chi connectivity index (χ0n) is 16.1. The summed E-state index contributed by atoms with van der Waals surface area (Å²) in [7, 11) is 0. The number of fused-ring (bicyclic) bond motifs is 1. The zero-order valence-corrected chi connectivity index (χ0v) is 16.1. The molecule has 30 heavy (non-hydrogen) atoms. The van der Waals surface area contributed by atoms with E-state index in [1.165, 1.54) is 16.8 Å². The molecular weight excluding hydrogens is 400 g/mol. The van der Waals surface area contributed by atoms with Gasteiger partial charge in [0.2, 0.25) is 5.43 Å². The van der Waals surface area contributed by atoms with Gasteiger partial charge >= 0.3 is 0 Å². The summed E-state index contributed by atoms with van der Waals surface area (Å²) in [4.78, 5) is 39.5. The van der Waals surface area contributed by atoms with Gasteiger partial charge in [0, 0.05) is 30.9 Å². The first-order valence-corrected chi connectivity index (χ1v) is 9.35. The summed E-state index contributed by atoms with van der Waals surface area (Å²) in [5.41, 5.74) is -2.12. The summed E-state index contributed by atoms with van der Waals surface area (Å²) in [6.07, 6.45) is 1.22. The topological polar surface area (TPSA) is 101 Å². The molecule has 2 N–H and O–H groups in total. The molecule has 1 fully saturated rings. The van der Waals surface area contributed by atoms with E-state index in [-0.39, 0.29) is 29.9 Å². The molecule has 8 nitrogen and oxygen atoms in total. The summed E-state index contributed by atoms with van der Waals surface area (Å²) in [6.45, 7) is 2.75. The Morgan fingerprint density at radius 2 is 2.03 bits per heavy atom. The van der Waals surface area contributed by atoms with Crippen molar-refractivity contribution >= 4 is 11.8 Å². The number of nitrogens with zero attached hydrogens (tertiary/aromatic N) is 2. The van der Waals surface area contributed by atoms with Crippen molar-refractivity contribution in [2.45, 2.75) is 25.6 Å². The molecule has 2 aliphatic rings. The van der Waals surface area contributed by atoms with Crippen molar-refractivity contribution in [2.75, 3.05) is 19.8 Å². The first-order valence-electron chi connectivity index (χ1n) is 9.35. The van der Waals surface area contributed by atoms with Crippen molar-refractivity contribution < 1.29 is 28.2 Å². The van der Waals surface area contributed by atoms with E-state index in [4.69, 9.17) is 4.74 Å². The SMILES string of the molecule is CCN1C(=O)c2c(O)c(=O)c(C(=O)NCc3ccc(F)cc3F)cn2CC12COC2. The Morgan fingerprint density at radius 1 is 1.30 bits per heavy atom. The van der Waals surface area contributed by atoms with Crippen LogP contribution in [0.1, 0.15) is 33.3 Å². The van der Waals surface area contributed by atoms with E-state index >= 15 is 0 Å². The van der Waals surface area contributed by atoms with Gasteiger partial charge in [0.1, 0.15) is 22.7 Å². The van der Waals surface area contributed by atoms with Gasteiger partial charge in [-0.3, -0.25) is 14.4 Å². The van der Waals surface area contributed by atoms with Gasteiger partial charge in [0.05, 0.1) is 19.8 Å². The second-order valence-corrected chi connectivity index (χ2v) is 7.38. The maximum absolute atomic E-state index is 13.8. The second-order valence-electron chi connectivity index (χ2n) is 7.38. The molecule has 1 saturated heterocycles. The molecule has 10 heteroatoms. The van der Waals surface area contributed by atoms with E-state index in [2.05, 4.69) is 5.32 Å². The molecule has 0 radical (unpaired) electrons. The highest BCUT2D eigenvalue weighted by Gasteiger charge is 2.51. The van der Waals surface area contributed by atoms with E-state index in [1.54, 1.807) is 11.8 Å². The van der Waals surface area contributed by atoms with Crippen molar-refractivity contribution in [2.24, 2.45) is 0 Å². The van der Waals surface area contributed by atoms with Gasteiger partial charge in [-0.25, -0.2) is 8.78 Å². The van der Waals surface area contributed by atoms with Crippen molar-refractivity contribution in [1.29, 1.82) is 0 Å². The minimum atomic E-state index is -0.997. The number of aromatic hydroxyl groups is 1. The van der Waals surface area contributed by atoms with Gasteiger partial charge in [-0.2, -0.15) is 0 Å². The average Bonchev–Trinajstić information content (AvgIpc) is 2.68. The molecule has 2 aromatic rings. The van der Waals surface area contributed by atoms with Gasteiger partial charge in [-0.05, 0) is 13.0 Å². The zero-order chi connectivity index (χ0) is 21.6. The van der Waals surface area contributed by atoms with E-state index < -0.39 is 40.2 Å². The standard InChI is InChI=1S/C20H19F2N3O5/c1-2-25-19(29)15-17(27)16(26)13(7-24(15)8-20(25)9-30-10-20)18(28)23-6-11-3-4-12(21)5-14(11)22/h3-5,7,27H,2,6,8-10H2,1H3,(H,23,28). The normalized spacial score (nSPS) is 16.9. The van der Waals surface area contributed by atoms with E-state index in [0.717, 1.165) is 6.07 Å². The predicted octanol–water partition coefficient (Wildman–Crippen LogP) is 1.01. The number of nitrogens with one attached hydrogen (secondary N) is 1. The van der Waals surface area contributed by atoms with E-state index in [1.807, 2.05) is 0 Å². The molecule has 1 aromatic heterocycles. The molecule has 2 aliphatic heterocycles. The lowest BCUT2D eigenvalue weighted by Gasteiger charge is -2.52. The van der Waals surface area contributed by atoms with Crippen LogP contribution in [0.15, 0.2) is 29.2 Å². The van der Waals surface area contributed by atoms with Gasteiger partial charge in [0.15, 0.2) is 11.4 Å². The summed E-state index contributed by atoms with van der Waals surface area (Å²) < 4.78 is 33.4. The number of aromatic nitrogens is 1. The molecule has 0 unspecified atom stereocenters. The Kier molecular flexibility index (Phi) is 4.81. The maximum Gasteiger partial charge on any atom is 0.275 e. The fourth-order valence-electron chi connectivity index (χ4n) is 3.91. The molecule has 0 bridgehead atoms. The van der Waals surface area contributed by atoms with Crippen LogP contribution in [0.4, 0.5) is 8.78 Å². The number of pyridine rings is 1. The Hall–Kier alpha value is -3.27. The monoisotopic (exact) mass is 419 g/mol. The number of halogens is 2. The number of amides is 2. The first kappa shape index (κ1) is 20.0. The maximum atomic E-state index is 13.8. The molecule has 0 aliphatic carbocycles. The van der Waals surface area contributed by atoms with Crippen LogP contribution in [0, 0.1) is 11.6 Å². The van der Waals surface area contributed by atoms with Crippen LogP contribution < -0.4 is 10.7 Å². The highest BCUT2D eigenvalue weighted by molar-refractivity contribution is 5.99. The quantitative estimate of drug-likeness (QED) is 0.770. The number of hydrogen-bond acceptors (Lipinski definition) is 5. The Balaban J connectivity index is 1.65. The Morgan fingerprint density at radius 3 is 2.63 bits per heavy atom. The number of benzene rings is 1. The lowest BCUT2D eigenvalue weighted by molar-refractivity contribution is -0.137. The predicted molar refractivity (Wildman–Crippen MR) is 100 cm³/mol. The highest BCUT2D eigenvalue weighted by Crippen LogP contribution is 2.34. The average molecular weight is 419 g/mol. The largest absolute Gasteiger partial charge is 0.503 e. The summed E-state index contributed by atoms with van der Waals surface area (Å²) in [5.74, 6) is -3.76. The van der Waals surface area contributed by atoms with Crippen molar-refractivity contribution in [3.63, 3.8) is 0 Å². The fraction of sp³-hybridized carbons (Fsp3) is 0.350. The number of rotatable bonds is 4. The van der Waals surface area contributed by atoms with E-state index in [9.17, 15) is 28.3 Å². The Labute approximate surface area is 169 Å². The number of hydrogen-bond donors (Lipinski definition) is 2. The molecular formula is C20H19F2N3O5. The van der Waals surface area contributed by atoms with Crippen LogP contribution in [0.25, 0.3) is 0 Å². The molecule has 3 heterocycles. The third kappa shape index (κ3) is 3.04. The third-order valence-corrected chi connectivity index (χ3v) is 5.50. The van der Waals surface area contributed by atoms with Crippen LogP contribution in [-0.2, 0) is 17.8 Å². The smallest absolute Gasteiger partial charge is 0.275 e. The minimum Gasteiger partial charge on any atom is -0.503 e. The van der Waals surface area contributed by atoms with Crippen LogP contribution in [-0.4, -0.2) is 51.7 Å². The van der Waals surface area contributed by atoms with Gasteiger partial charge < -0.3 is 24.6 Å². The second kappa shape index (κ2) is 7.21. The number of likely N-dealkylation sites (N-methyl/N-ethyl adjacent to an activating group) is 1. The number of ether oxygens (including phenoxy) is 1. The van der Waals surface area contributed by atoms with Crippen LogP contribution in [0.3, 0.4) is 0 Å². The van der Waals surface area contributed by atoms with Crippen molar-refractivity contribution in [3.8, 4) is 5.75 Å². The van der Waals surface area contributed by atoms with Crippen molar-refractivity contribution in [1.82, 2.24) is 14.8 Å². The van der Waals surface area contributed by atoms with Gasteiger partial charge in [-0.15, -0.1) is 0 Å². The molecule has 158 valence electrons. The van der Waals surface area contributed by atoms with Crippen LogP contribution in [0.2, 0.25) is 0 Å². The fourth-order valence-corrected chi connectivity index (χ4v) is 3.91. The Bertz CT molecular complexity index is 1110. The lowest BCUT2D eigenvalue weighted by atomic mass is 9.91. The van der Waals surface area contributed by atoms with Gasteiger partial charge in [0.25, 0.3) is 11.8 Å². The summed E-state index contributed by atoms with van der Waals surface area (Å²) in [5, 5.41) is 12.8. The summed E-state index contributed by atoms with van der Waals surface area (Å²) >= 11 is 0. The first-order chi connectivity index (χ1) is 14.3. The van der Waals surface area contributed by atoms with Crippen LogP contribution in [0.5, 0.6) is 5.75 Å². The summed E-state index contributed by atoms with van der Waals surface area (Å²) in [6, 6.07) is 2.92. The molecule has 1 spiro atoms. The molecule has 2 amide bonds. The molecule has 0 atom stereocenters. The molecule has 0 saturated carbocycles.